The Morgan fingerprint density at radius 1 is 1.36 bits per heavy atom. The van der Waals surface area contributed by atoms with Crippen molar-refractivity contribution >= 4 is 41.8 Å². The molecule has 0 atom stereocenters. The highest BCUT2D eigenvalue weighted by Gasteiger charge is 2.28. The lowest BCUT2D eigenvalue weighted by Gasteiger charge is -2.16. The van der Waals surface area contributed by atoms with Crippen molar-refractivity contribution in [1.82, 2.24) is 19.9 Å². The summed E-state index contributed by atoms with van der Waals surface area (Å²) in [4.78, 5) is 43.2. The zero-order valence-electron chi connectivity index (χ0n) is 15.5. The van der Waals surface area contributed by atoms with E-state index in [9.17, 15) is 23.2 Å². The number of aromatic amines is 1. The largest absolute Gasteiger partial charge is 0.346 e. The number of halogens is 4. The first-order valence-corrected chi connectivity index (χ1v) is 8.15. The molecule has 0 bridgehead atoms. The van der Waals surface area contributed by atoms with E-state index in [1.807, 2.05) is 13.8 Å². The molecule has 0 saturated carbocycles. The van der Waals surface area contributed by atoms with Crippen LogP contribution in [0.4, 0.5) is 8.78 Å². The monoisotopic (exact) mass is 441 g/mol. The van der Waals surface area contributed by atoms with Crippen molar-refractivity contribution < 1.29 is 13.6 Å². The number of H-pyrrole nitrogens is 1. The highest BCUT2D eigenvalue weighted by Crippen LogP contribution is 2.20. The number of hydrogen-bond acceptors (Lipinski definition) is 5. The Hall–Kier alpha value is -2.04. The van der Waals surface area contributed by atoms with Crippen LogP contribution in [0.2, 0.25) is 0 Å². The molecular weight excluding hydrogens is 419 g/mol. The molecule has 0 aliphatic heterocycles. The summed E-state index contributed by atoms with van der Waals surface area (Å²) in [6, 6.07) is 1.38. The van der Waals surface area contributed by atoms with Crippen LogP contribution in [0.3, 0.4) is 0 Å². The van der Waals surface area contributed by atoms with Crippen LogP contribution in [0.1, 0.15) is 42.7 Å². The molecule has 0 aliphatic rings. The van der Waals surface area contributed by atoms with Crippen LogP contribution in [0, 0.1) is 0 Å². The van der Waals surface area contributed by atoms with Gasteiger partial charge in [-0.05, 0) is 18.9 Å². The Balaban J connectivity index is 0.00000364. The molecule has 2 aromatic rings. The number of fused-ring (bicyclic) bond motifs is 1. The number of hydrogen-bond donors (Lipinski definition) is 3. The van der Waals surface area contributed by atoms with Gasteiger partial charge >= 0.3 is 5.69 Å². The molecule has 0 radical (unpaired) electrons. The molecule has 1 amide bonds. The van der Waals surface area contributed by atoms with Crippen LogP contribution in [0.15, 0.2) is 15.7 Å². The highest BCUT2D eigenvalue weighted by atomic mass is 35.5. The summed E-state index contributed by atoms with van der Waals surface area (Å²) in [5, 5.41) is 1.97. The second-order valence-corrected chi connectivity index (χ2v) is 6.19. The minimum atomic E-state index is -3.27. The molecule has 0 aromatic carbocycles. The second kappa shape index (κ2) is 9.94. The van der Waals surface area contributed by atoms with E-state index in [2.05, 4.69) is 15.3 Å². The predicted molar refractivity (Wildman–Crippen MR) is 107 cm³/mol. The Labute approximate surface area is 171 Å². The third-order valence-corrected chi connectivity index (χ3v) is 3.93. The topological polar surface area (TPSA) is 123 Å². The number of aromatic nitrogens is 3. The van der Waals surface area contributed by atoms with Gasteiger partial charge in [0.05, 0.1) is 24.0 Å². The summed E-state index contributed by atoms with van der Waals surface area (Å²) in [6.45, 7) is 3.66. The fraction of sp³-hybridized carbons (Fsp3) is 0.500. The number of carbonyl (C=O) groups is 1. The zero-order chi connectivity index (χ0) is 19.6. The maximum absolute atomic E-state index is 13.3. The Bertz CT molecular complexity index is 960. The van der Waals surface area contributed by atoms with E-state index in [1.165, 1.54) is 10.6 Å². The SMILES string of the molecule is CCn1c(=O)[nH]c(=O)c2c(C(=O)NCC(F)(F)CN)cc(C(C)C)nc21.Cl.Cl. The van der Waals surface area contributed by atoms with Crippen LogP contribution >= 0.6 is 24.8 Å². The van der Waals surface area contributed by atoms with Crippen molar-refractivity contribution in [2.24, 2.45) is 5.73 Å². The van der Waals surface area contributed by atoms with Crippen molar-refractivity contribution in [2.75, 3.05) is 13.1 Å². The molecule has 28 heavy (non-hydrogen) atoms. The van der Waals surface area contributed by atoms with Gasteiger partial charge in [-0.3, -0.25) is 19.1 Å². The molecule has 0 spiro atoms. The number of pyridine rings is 1. The number of nitrogens with one attached hydrogen (secondary N) is 2. The molecule has 158 valence electrons. The lowest BCUT2D eigenvalue weighted by molar-refractivity contribution is 0.0119. The van der Waals surface area contributed by atoms with E-state index in [1.54, 1.807) is 6.92 Å². The van der Waals surface area contributed by atoms with Gasteiger partial charge in [0, 0.05) is 12.2 Å². The molecule has 0 aliphatic carbocycles. The highest BCUT2D eigenvalue weighted by molar-refractivity contribution is 6.05. The van der Waals surface area contributed by atoms with Crippen LogP contribution in [-0.2, 0) is 6.54 Å². The van der Waals surface area contributed by atoms with Crippen LogP contribution in [-0.4, -0.2) is 39.5 Å². The quantitative estimate of drug-likeness (QED) is 0.624. The van der Waals surface area contributed by atoms with Crippen LogP contribution in [0.25, 0.3) is 11.0 Å². The zero-order valence-corrected chi connectivity index (χ0v) is 17.2. The molecule has 12 heteroatoms. The number of rotatable bonds is 6. The average Bonchev–Trinajstić information content (AvgIpc) is 2.58. The molecular formula is C16H23Cl2F2N5O3. The van der Waals surface area contributed by atoms with E-state index < -0.39 is 36.2 Å². The van der Waals surface area contributed by atoms with Gasteiger partial charge in [-0.1, -0.05) is 13.8 Å². The molecule has 0 unspecified atom stereocenters. The normalized spacial score (nSPS) is 11.1. The van der Waals surface area contributed by atoms with Crippen molar-refractivity contribution in [3.63, 3.8) is 0 Å². The van der Waals surface area contributed by atoms with Crippen LogP contribution in [0.5, 0.6) is 0 Å². The van der Waals surface area contributed by atoms with E-state index in [0.717, 1.165) is 0 Å². The van der Waals surface area contributed by atoms with Gasteiger partial charge in [0.15, 0.2) is 5.65 Å². The Morgan fingerprint density at radius 2 is 1.96 bits per heavy atom. The smallest absolute Gasteiger partial charge is 0.329 e. The minimum absolute atomic E-state index is 0. The summed E-state index contributed by atoms with van der Waals surface area (Å²) >= 11 is 0. The fourth-order valence-electron chi connectivity index (χ4n) is 2.44. The Morgan fingerprint density at radius 3 is 2.46 bits per heavy atom. The van der Waals surface area contributed by atoms with Gasteiger partial charge in [0.25, 0.3) is 17.4 Å². The third-order valence-electron chi connectivity index (χ3n) is 3.93. The average molecular weight is 442 g/mol. The van der Waals surface area contributed by atoms with Gasteiger partial charge < -0.3 is 11.1 Å². The first kappa shape index (κ1) is 26.0. The molecule has 2 rings (SSSR count). The molecule has 0 saturated heterocycles. The summed E-state index contributed by atoms with van der Waals surface area (Å²) in [6.07, 6.45) is 0. The van der Waals surface area contributed by atoms with Crippen molar-refractivity contribution in [2.45, 2.75) is 39.2 Å². The first-order chi connectivity index (χ1) is 12.1. The van der Waals surface area contributed by atoms with Gasteiger partial charge in [-0.2, -0.15) is 0 Å². The van der Waals surface area contributed by atoms with Gasteiger partial charge in [0.1, 0.15) is 0 Å². The van der Waals surface area contributed by atoms with Gasteiger partial charge in [-0.25, -0.2) is 18.6 Å². The number of aryl methyl sites for hydroxylation is 1. The van der Waals surface area contributed by atoms with E-state index >= 15 is 0 Å². The molecule has 2 aromatic heterocycles. The maximum atomic E-state index is 13.3. The third kappa shape index (κ3) is 5.27. The predicted octanol–water partition coefficient (Wildman–Crippen LogP) is 1.40. The number of alkyl halides is 2. The molecule has 8 nitrogen and oxygen atoms in total. The number of nitrogens with two attached hydrogens (primary N) is 1. The number of amides is 1. The minimum Gasteiger partial charge on any atom is -0.346 e. The molecule has 2 heterocycles. The van der Waals surface area contributed by atoms with E-state index in [0.29, 0.717) is 5.69 Å². The molecule has 0 fully saturated rings. The summed E-state index contributed by atoms with van der Waals surface area (Å²) < 4.78 is 27.9. The lowest BCUT2D eigenvalue weighted by Crippen LogP contribution is -2.42. The molecule has 4 N–H and O–H groups in total. The Kier molecular flexibility index (Phi) is 9.22. The van der Waals surface area contributed by atoms with Crippen LogP contribution < -0.4 is 22.3 Å². The second-order valence-electron chi connectivity index (χ2n) is 6.19. The number of carbonyl (C=O) groups excluding carboxylic acids is 1. The fourth-order valence-corrected chi connectivity index (χ4v) is 2.44. The van der Waals surface area contributed by atoms with E-state index in [-0.39, 0.29) is 53.9 Å². The van der Waals surface area contributed by atoms with Crippen molar-refractivity contribution in [3.8, 4) is 0 Å². The van der Waals surface area contributed by atoms with Crippen molar-refractivity contribution in [3.05, 3.63) is 38.2 Å². The summed E-state index contributed by atoms with van der Waals surface area (Å²) in [7, 11) is 0. The van der Waals surface area contributed by atoms with E-state index in [4.69, 9.17) is 5.73 Å². The standard InChI is InChI=1S/C16H21F2N5O3.2ClH/c1-4-23-12-11(14(25)22-15(23)26)9(5-10(21-12)8(2)3)13(24)20-7-16(17,18)6-19;;/h5,8H,4,6-7,19H2,1-3H3,(H,20,24)(H,22,25,26);2*1H. The van der Waals surface area contributed by atoms with Gasteiger partial charge in [-0.15, -0.1) is 24.8 Å². The summed E-state index contributed by atoms with van der Waals surface area (Å²) in [5.41, 5.74) is 3.90. The van der Waals surface area contributed by atoms with Crippen molar-refractivity contribution in [1.29, 1.82) is 0 Å². The summed E-state index contributed by atoms with van der Waals surface area (Å²) in [5.74, 6) is -4.24. The maximum Gasteiger partial charge on any atom is 0.329 e. The van der Waals surface area contributed by atoms with Gasteiger partial charge in [0.2, 0.25) is 0 Å². The number of nitrogens with zero attached hydrogens (tertiary/aromatic N) is 2. The first-order valence-electron chi connectivity index (χ1n) is 8.15. The lowest BCUT2D eigenvalue weighted by atomic mass is 10.0.